The number of thioether (sulfide) groups is 1. The Morgan fingerprint density at radius 2 is 1.81 bits per heavy atom. The number of hydrogen-bond acceptors (Lipinski definition) is 5. The molecule has 0 radical (unpaired) electrons. The molecule has 0 spiro atoms. The average molecular weight is 435 g/mol. The molecule has 0 bridgehead atoms. The van der Waals surface area contributed by atoms with Gasteiger partial charge in [0.2, 0.25) is 5.91 Å². The van der Waals surface area contributed by atoms with Crippen molar-refractivity contribution in [3.8, 4) is 0 Å². The van der Waals surface area contributed by atoms with Crippen LogP contribution in [0.15, 0.2) is 70.9 Å². The monoisotopic (exact) mass is 434 g/mol. The second kappa shape index (κ2) is 8.71. The fraction of sp³-hybridized carbons (Fsp3) is 0.320. The molecular weight excluding hydrogens is 408 g/mol. The highest BCUT2D eigenvalue weighted by Gasteiger charge is 2.46. The van der Waals surface area contributed by atoms with Gasteiger partial charge in [-0.3, -0.25) is 9.69 Å². The second-order valence-corrected chi connectivity index (χ2v) is 9.46. The summed E-state index contributed by atoms with van der Waals surface area (Å²) < 4.78 is 5.65. The first-order valence-electron chi connectivity index (χ1n) is 10.5. The van der Waals surface area contributed by atoms with Crippen molar-refractivity contribution in [1.82, 2.24) is 4.90 Å². The molecule has 1 fully saturated rings. The van der Waals surface area contributed by atoms with Crippen LogP contribution in [-0.2, 0) is 20.9 Å². The molecule has 0 aliphatic carbocycles. The molecule has 2 aliphatic heterocycles. The number of allylic oxidation sites excluding steroid dienone is 1. The summed E-state index contributed by atoms with van der Waals surface area (Å²) in [5.74, 6) is -0.0869. The Morgan fingerprint density at radius 3 is 2.45 bits per heavy atom. The minimum atomic E-state index is -0.540. The fourth-order valence-electron chi connectivity index (χ4n) is 3.84. The summed E-state index contributed by atoms with van der Waals surface area (Å²) in [5, 5.41) is 0.413. The van der Waals surface area contributed by atoms with Crippen molar-refractivity contribution >= 4 is 28.8 Å². The van der Waals surface area contributed by atoms with Crippen LogP contribution in [0.2, 0.25) is 0 Å². The van der Waals surface area contributed by atoms with Gasteiger partial charge in [0.15, 0.2) is 5.17 Å². The molecule has 0 unspecified atom stereocenters. The topological polar surface area (TPSA) is 59.0 Å². The molecular formula is C25H26N2O3S. The van der Waals surface area contributed by atoms with Crippen molar-refractivity contribution in [2.45, 2.75) is 51.5 Å². The minimum Gasteiger partial charge on any atom is -0.457 e. The SMILES string of the molecule is CC1=C(C(=O)OCc2ccccc2)[C@@H](c2ccc(C(C)C)cc2)N2C(=O)[C@H](C)SC2=N1. The Kier molecular flexibility index (Phi) is 6.01. The van der Waals surface area contributed by atoms with Crippen LogP contribution in [0, 0.1) is 0 Å². The highest BCUT2D eigenvalue weighted by molar-refractivity contribution is 8.15. The maximum atomic E-state index is 13.2. The molecule has 160 valence electrons. The van der Waals surface area contributed by atoms with Crippen molar-refractivity contribution in [2.24, 2.45) is 4.99 Å². The molecule has 6 heteroatoms. The Bertz CT molecular complexity index is 1060. The summed E-state index contributed by atoms with van der Waals surface area (Å²) in [6.45, 7) is 8.13. The molecule has 1 saturated heterocycles. The number of hydrogen-bond donors (Lipinski definition) is 0. The number of esters is 1. The van der Waals surface area contributed by atoms with Crippen molar-refractivity contribution in [2.75, 3.05) is 0 Å². The van der Waals surface area contributed by atoms with Crippen molar-refractivity contribution in [1.29, 1.82) is 0 Å². The van der Waals surface area contributed by atoms with Gasteiger partial charge >= 0.3 is 5.97 Å². The zero-order chi connectivity index (χ0) is 22.1. The molecule has 0 saturated carbocycles. The molecule has 2 aromatic carbocycles. The van der Waals surface area contributed by atoms with Crippen LogP contribution in [0.4, 0.5) is 0 Å². The highest BCUT2D eigenvalue weighted by atomic mass is 32.2. The van der Waals surface area contributed by atoms with Crippen molar-refractivity contribution in [3.63, 3.8) is 0 Å². The normalized spacial score (nSPS) is 20.7. The van der Waals surface area contributed by atoms with Gasteiger partial charge < -0.3 is 4.74 Å². The molecule has 31 heavy (non-hydrogen) atoms. The second-order valence-electron chi connectivity index (χ2n) is 8.15. The zero-order valence-corrected chi connectivity index (χ0v) is 19.0. The van der Waals surface area contributed by atoms with Gasteiger partial charge in [-0.15, -0.1) is 0 Å². The number of ether oxygens (including phenoxy) is 1. The van der Waals surface area contributed by atoms with Crippen LogP contribution in [0.1, 0.15) is 56.3 Å². The van der Waals surface area contributed by atoms with E-state index in [1.165, 1.54) is 17.3 Å². The Labute approximate surface area is 187 Å². The number of rotatable bonds is 5. The molecule has 4 rings (SSSR count). The van der Waals surface area contributed by atoms with E-state index in [2.05, 4.69) is 31.0 Å². The third-order valence-corrected chi connectivity index (χ3v) is 6.66. The number of nitrogens with zero attached hydrogens (tertiary/aromatic N) is 2. The number of aliphatic imine (C=N–C) groups is 1. The lowest BCUT2D eigenvalue weighted by Gasteiger charge is -2.33. The summed E-state index contributed by atoms with van der Waals surface area (Å²) in [5.41, 5.74) is 4.01. The molecule has 2 aromatic rings. The summed E-state index contributed by atoms with van der Waals surface area (Å²) in [4.78, 5) is 32.5. The number of amidine groups is 1. The van der Waals surface area contributed by atoms with Crippen LogP contribution in [0.3, 0.4) is 0 Å². The predicted molar refractivity (Wildman–Crippen MR) is 124 cm³/mol. The predicted octanol–water partition coefficient (Wildman–Crippen LogP) is 5.20. The summed E-state index contributed by atoms with van der Waals surface area (Å²) in [6, 6.07) is 17.1. The highest BCUT2D eigenvalue weighted by Crippen LogP contribution is 2.43. The summed E-state index contributed by atoms with van der Waals surface area (Å²) >= 11 is 1.43. The molecule has 2 atom stereocenters. The summed E-state index contributed by atoms with van der Waals surface area (Å²) in [7, 11) is 0. The number of amides is 1. The van der Waals surface area contributed by atoms with Crippen LogP contribution in [0.5, 0.6) is 0 Å². The maximum absolute atomic E-state index is 13.2. The van der Waals surface area contributed by atoms with Crippen LogP contribution < -0.4 is 0 Å². The van der Waals surface area contributed by atoms with E-state index in [-0.39, 0.29) is 17.8 Å². The fourth-order valence-corrected chi connectivity index (χ4v) is 4.87. The van der Waals surface area contributed by atoms with Gasteiger partial charge in [-0.1, -0.05) is 80.2 Å². The number of carbonyl (C=O) groups excluding carboxylic acids is 2. The van der Waals surface area contributed by atoms with E-state index in [0.29, 0.717) is 22.4 Å². The van der Waals surface area contributed by atoms with Gasteiger partial charge in [0.05, 0.1) is 22.6 Å². The Balaban J connectivity index is 1.70. The maximum Gasteiger partial charge on any atom is 0.338 e. The van der Waals surface area contributed by atoms with Crippen LogP contribution in [-0.4, -0.2) is 27.2 Å². The van der Waals surface area contributed by atoms with Gasteiger partial charge in [-0.25, -0.2) is 9.79 Å². The van der Waals surface area contributed by atoms with E-state index in [1.54, 1.807) is 4.90 Å². The first-order chi connectivity index (χ1) is 14.9. The lowest BCUT2D eigenvalue weighted by atomic mass is 9.92. The van der Waals surface area contributed by atoms with E-state index in [0.717, 1.165) is 11.1 Å². The molecule has 1 amide bonds. The smallest absolute Gasteiger partial charge is 0.338 e. The van der Waals surface area contributed by atoms with Gasteiger partial charge in [0, 0.05) is 0 Å². The standard InChI is InChI=1S/C25H26N2O3S/c1-15(2)19-10-12-20(13-11-19)22-21(24(29)30-14-18-8-6-5-7-9-18)16(3)26-25-27(22)23(28)17(4)31-25/h5-13,15,17,22H,14H2,1-4H3/t17-,22+/m0/s1. The Hall–Kier alpha value is -2.86. The van der Waals surface area contributed by atoms with E-state index in [1.807, 2.05) is 56.3 Å². The van der Waals surface area contributed by atoms with Gasteiger partial charge in [0.25, 0.3) is 0 Å². The van der Waals surface area contributed by atoms with Gasteiger partial charge in [-0.05, 0) is 36.5 Å². The number of fused-ring (bicyclic) bond motifs is 1. The van der Waals surface area contributed by atoms with Crippen LogP contribution in [0.25, 0.3) is 0 Å². The number of benzene rings is 2. The van der Waals surface area contributed by atoms with E-state index >= 15 is 0 Å². The molecule has 0 N–H and O–H groups in total. The largest absolute Gasteiger partial charge is 0.457 e. The van der Waals surface area contributed by atoms with Gasteiger partial charge in [-0.2, -0.15) is 0 Å². The zero-order valence-electron chi connectivity index (χ0n) is 18.2. The van der Waals surface area contributed by atoms with Gasteiger partial charge in [0.1, 0.15) is 6.61 Å². The first-order valence-corrected chi connectivity index (χ1v) is 11.3. The third-order valence-electron chi connectivity index (χ3n) is 5.61. The summed E-state index contributed by atoms with van der Waals surface area (Å²) in [6.07, 6.45) is 0. The minimum absolute atomic E-state index is 0.0393. The molecule has 0 aromatic heterocycles. The molecule has 2 aliphatic rings. The first kappa shape index (κ1) is 21.4. The average Bonchev–Trinajstić information content (AvgIpc) is 3.05. The molecule has 2 heterocycles. The van der Waals surface area contributed by atoms with E-state index in [9.17, 15) is 9.59 Å². The third kappa shape index (κ3) is 4.17. The number of carbonyl (C=O) groups is 2. The van der Waals surface area contributed by atoms with Crippen LogP contribution >= 0.6 is 11.8 Å². The lowest BCUT2D eigenvalue weighted by Crippen LogP contribution is -2.40. The van der Waals surface area contributed by atoms with E-state index < -0.39 is 12.0 Å². The lowest BCUT2D eigenvalue weighted by molar-refractivity contribution is -0.141. The molecule has 5 nitrogen and oxygen atoms in total. The Morgan fingerprint density at radius 1 is 1.13 bits per heavy atom. The van der Waals surface area contributed by atoms with Crippen molar-refractivity contribution in [3.05, 3.63) is 82.6 Å². The van der Waals surface area contributed by atoms with E-state index in [4.69, 9.17) is 4.74 Å². The van der Waals surface area contributed by atoms with Crippen molar-refractivity contribution < 1.29 is 14.3 Å². The quantitative estimate of drug-likeness (QED) is 0.607.